The second-order valence-corrected chi connectivity index (χ2v) is 4.93. The molecule has 0 aliphatic carbocycles. The maximum atomic E-state index is 11.9. The van der Waals surface area contributed by atoms with Crippen LogP contribution in [0.1, 0.15) is 17.5 Å². The summed E-state index contributed by atoms with van der Waals surface area (Å²) in [6.45, 7) is 4.52. The number of aromatic hydroxyl groups is 1. The molecular formula is C16H19N2O2+. The molecule has 4 heteroatoms. The molecule has 104 valence electrons. The fourth-order valence-electron chi connectivity index (χ4n) is 1.87. The molecular weight excluding hydrogens is 252 g/mol. The number of amides is 1. The van der Waals surface area contributed by atoms with E-state index in [0.29, 0.717) is 18.7 Å². The summed E-state index contributed by atoms with van der Waals surface area (Å²) in [7, 11) is 0. The van der Waals surface area contributed by atoms with Crippen LogP contribution in [-0.2, 0) is 11.3 Å². The summed E-state index contributed by atoms with van der Waals surface area (Å²) in [5.74, 6) is -0.0152. The van der Waals surface area contributed by atoms with Crippen LogP contribution in [0.5, 0.6) is 5.75 Å². The summed E-state index contributed by atoms with van der Waals surface area (Å²) in [4.78, 5) is 11.9. The average molecular weight is 271 g/mol. The van der Waals surface area contributed by atoms with Crippen molar-refractivity contribution in [3.63, 3.8) is 0 Å². The maximum Gasteiger partial charge on any atom is 0.230 e. The van der Waals surface area contributed by atoms with E-state index in [0.717, 1.165) is 5.56 Å². The van der Waals surface area contributed by atoms with Gasteiger partial charge in [0.15, 0.2) is 18.9 Å². The van der Waals surface area contributed by atoms with E-state index in [4.69, 9.17) is 0 Å². The number of hydrogen-bond acceptors (Lipinski definition) is 2. The first-order valence-corrected chi connectivity index (χ1v) is 6.60. The third-order valence-corrected chi connectivity index (χ3v) is 3.08. The Labute approximate surface area is 118 Å². The van der Waals surface area contributed by atoms with Crippen LogP contribution in [0.4, 0.5) is 5.69 Å². The van der Waals surface area contributed by atoms with Gasteiger partial charge in [0.05, 0.1) is 12.1 Å². The fourth-order valence-corrected chi connectivity index (χ4v) is 1.87. The Morgan fingerprint density at radius 1 is 1.15 bits per heavy atom. The summed E-state index contributed by atoms with van der Waals surface area (Å²) in [5, 5.41) is 12.5. The van der Waals surface area contributed by atoms with Crippen LogP contribution in [0, 0.1) is 13.8 Å². The number of anilines is 1. The molecule has 2 rings (SSSR count). The van der Waals surface area contributed by atoms with Crippen molar-refractivity contribution in [3.05, 3.63) is 53.9 Å². The van der Waals surface area contributed by atoms with Gasteiger partial charge in [-0.1, -0.05) is 6.07 Å². The molecule has 20 heavy (non-hydrogen) atoms. The van der Waals surface area contributed by atoms with Crippen molar-refractivity contribution >= 4 is 11.6 Å². The largest absolute Gasteiger partial charge is 0.506 e. The van der Waals surface area contributed by atoms with Gasteiger partial charge in [0.25, 0.3) is 0 Å². The lowest BCUT2D eigenvalue weighted by Gasteiger charge is -2.07. The van der Waals surface area contributed by atoms with E-state index >= 15 is 0 Å². The second kappa shape index (κ2) is 6.19. The van der Waals surface area contributed by atoms with E-state index in [-0.39, 0.29) is 11.7 Å². The van der Waals surface area contributed by atoms with Gasteiger partial charge in [0, 0.05) is 12.1 Å². The standard InChI is InChI=1S/C16H18N2O2/c1-12-5-8-18(9-6-12)10-7-16(20)17-14-4-3-13(2)11-15(14)19/h3-6,8-9,11H,7,10H2,1-2H3,(H-,17,19,20)/p+1. The Morgan fingerprint density at radius 3 is 2.50 bits per heavy atom. The van der Waals surface area contributed by atoms with Crippen LogP contribution in [0.2, 0.25) is 0 Å². The molecule has 0 aliphatic heterocycles. The van der Waals surface area contributed by atoms with Crippen molar-refractivity contribution in [2.24, 2.45) is 0 Å². The van der Waals surface area contributed by atoms with E-state index in [9.17, 15) is 9.90 Å². The number of aryl methyl sites for hydroxylation is 3. The van der Waals surface area contributed by atoms with Gasteiger partial charge in [0.1, 0.15) is 5.75 Å². The quantitative estimate of drug-likeness (QED) is 0.662. The molecule has 1 amide bonds. The van der Waals surface area contributed by atoms with Crippen molar-refractivity contribution in [2.45, 2.75) is 26.8 Å². The Kier molecular flexibility index (Phi) is 4.35. The van der Waals surface area contributed by atoms with Gasteiger partial charge in [-0.2, -0.15) is 0 Å². The molecule has 1 heterocycles. The highest BCUT2D eigenvalue weighted by molar-refractivity contribution is 5.92. The monoisotopic (exact) mass is 271 g/mol. The zero-order valence-electron chi connectivity index (χ0n) is 11.8. The number of nitrogens with one attached hydrogen (secondary N) is 1. The number of phenolic OH excluding ortho intramolecular Hbond substituents is 1. The molecule has 4 nitrogen and oxygen atoms in total. The van der Waals surface area contributed by atoms with Gasteiger partial charge in [0.2, 0.25) is 5.91 Å². The Hall–Kier alpha value is -2.36. The average Bonchev–Trinajstić information content (AvgIpc) is 2.41. The molecule has 0 spiro atoms. The summed E-state index contributed by atoms with van der Waals surface area (Å²) in [6.07, 6.45) is 4.26. The van der Waals surface area contributed by atoms with E-state index < -0.39 is 0 Å². The molecule has 2 aromatic rings. The van der Waals surface area contributed by atoms with Crippen LogP contribution in [-0.4, -0.2) is 11.0 Å². The molecule has 0 saturated carbocycles. The number of phenols is 1. The third-order valence-electron chi connectivity index (χ3n) is 3.08. The predicted molar refractivity (Wildman–Crippen MR) is 77.5 cm³/mol. The molecule has 0 atom stereocenters. The third kappa shape index (κ3) is 3.82. The number of aromatic nitrogens is 1. The first-order valence-electron chi connectivity index (χ1n) is 6.60. The van der Waals surface area contributed by atoms with Gasteiger partial charge < -0.3 is 10.4 Å². The van der Waals surface area contributed by atoms with Crippen LogP contribution >= 0.6 is 0 Å². The van der Waals surface area contributed by atoms with Crippen molar-refractivity contribution in [1.82, 2.24) is 0 Å². The van der Waals surface area contributed by atoms with Crippen molar-refractivity contribution in [3.8, 4) is 5.75 Å². The van der Waals surface area contributed by atoms with Crippen LogP contribution < -0.4 is 9.88 Å². The highest BCUT2D eigenvalue weighted by Gasteiger charge is 2.09. The molecule has 1 aromatic heterocycles. The lowest BCUT2D eigenvalue weighted by molar-refractivity contribution is -0.695. The van der Waals surface area contributed by atoms with E-state index in [1.54, 1.807) is 12.1 Å². The van der Waals surface area contributed by atoms with Crippen molar-refractivity contribution in [1.29, 1.82) is 0 Å². The van der Waals surface area contributed by atoms with Crippen LogP contribution in [0.15, 0.2) is 42.7 Å². The Morgan fingerprint density at radius 2 is 1.85 bits per heavy atom. The smallest absolute Gasteiger partial charge is 0.230 e. The van der Waals surface area contributed by atoms with Crippen molar-refractivity contribution in [2.75, 3.05) is 5.32 Å². The summed E-state index contributed by atoms with van der Waals surface area (Å²) in [5.41, 5.74) is 2.60. The second-order valence-electron chi connectivity index (χ2n) is 4.93. The van der Waals surface area contributed by atoms with Crippen molar-refractivity contribution < 1.29 is 14.5 Å². The zero-order chi connectivity index (χ0) is 14.5. The molecule has 0 aliphatic rings. The molecule has 2 N–H and O–H groups in total. The lowest BCUT2D eigenvalue weighted by Crippen LogP contribution is -2.34. The normalized spacial score (nSPS) is 10.3. The van der Waals surface area contributed by atoms with Gasteiger partial charge >= 0.3 is 0 Å². The number of nitrogens with zero attached hydrogens (tertiary/aromatic N) is 1. The van der Waals surface area contributed by atoms with E-state index in [1.807, 2.05) is 49.0 Å². The van der Waals surface area contributed by atoms with E-state index in [1.165, 1.54) is 5.56 Å². The summed E-state index contributed by atoms with van der Waals surface area (Å²) in [6, 6.07) is 9.20. The fraction of sp³-hybridized carbons (Fsp3) is 0.250. The zero-order valence-corrected chi connectivity index (χ0v) is 11.8. The Balaban J connectivity index is 1.90. The van der Waals surface area contributed by atoms with Gasteiger partial charge in [-0.25, -0.2) is 4.57 Å². The number of hydrogen-bond donors (Lipinski definition) is 2. The summed E-state index contributed by atoms with van der Waals surface area (Å²) >= 11 is 0. The predicted octanol–water partition coefficient (Wildman–Crippen LogP) is 2.33. The molecule has 0 bridgehead atoms. The highest BCUT2D eigenvalue weighted by Crippen LogP contribution is 2.23. The SMILES string of the molecule is Cc1cc[n+](CCC(=O)Nc2ccc(C)cc2O)cc1. The number of benzene rings is 1. The topological polar surface area (TPSA) is 53.2 Å². The van der Waals surface area contributed by atoms with Gasteiger partial charge in [-0.05, 0) is 37.1 Å². The van der Waals surface area contributed by atoms with Crippen LogP contribution in [0.3, 0.4) is 0 Å². The molecule has 1 aromatic carbocycles. The maximum absolute atomic E-state index is 11.9. The first kappa shape index (κ1) is 14.1. The van der Waals surface area contributed by atoms with Crippen LogP contribution in [0.25, 0.3) is 0 Å². The van der Waals surface area contributed by atoms with E-state index in [2.05, 4.69) is 5.32 Å². The molecule has 0 saturated heterocycles. The van der Waals surface area contributed by atoms with Gasteiger partial charge in [-0.15, -0.1) is 0 Å². The summed E-state index contributed by atoms with van der Waals surface area (Å²) < 4.78 is 1.96. The Bertz CT molecular complexity index is 606. The number of carbonyl (C=O) groups excluding carboxylic acids is 1. The van der Waals surface area contributed by atoms with Gasteiger partial charge in [-0.3, -0.25) is 4.79 Å². The number of rotatable bonds is 4. The number of pyridine rings is 1. The molecule has 0 radical (unpaired) electrons. The minimum Gasteiger partial charge on any atom is -0.506 e. The molecule has 0 unspecified atom stereocenters. The lowest BCUT2D eigenvalue weighted by atomic mass is 10.2. The highest BCUT2D eigenvalue weighted by atomic mass is 16.3. The number of carbonyl (C=O) groups is 1. The minimum absolute atomic E-state index is 0.0985. The minimum atomic E-state index is -0.114. The first-order chi connectivity index (χ1) is 9.54. The molecule has 0 fully saturated rings.